The van der Waals surface area contributed by atoms with Gasteiger partial charge >= 0.3 is 5.69 Å². The van der Waals surface area contributed by atoms with E-state index in [0.717, 1.165) is 31.7 Å². The number of hydrogen-bond acceptors (Lipinski definition) is 7. The zero-order chi connectivity index (χ0) is 23.3. The third-order valence-corrected chi connectivity index (χ3v) is 5.83. The fraction of sp³-hybridized carbons (Fsp3) is 0.524. The highest BCUT2D eigenvalue weighted by atomic mass is 35.5. The second-order valence-electron chi connectivity index (χ2n) is 7.73. The van der Waals surface area contributed by atoms with Gasteiger partial charge in [-0.2, -0.15) is 0 Å². The summed E-state index contributed by atoms with van der Waals surface area (Å²) in [7, 11) is 0. The van der Waals surface area contributed by atoms with E-state index in [0.29, 0.717) is 24.7 Å². The quantitative estimate of drug-likeness (QED) is 0.602. The number of carbonyl (C=O) groups excluding carboxylic acids is 1. The summed E-state index contributed by atoms with van der Waals surface area (Å²) in [5.41, 5.74) is 5.02. The molecule has 2 aromatic heterocycles. The minimum Gasteiger partial charge on any atom is -0.383 e. The van der Waals surface area contributed by atoms with Gasteiger partial charge in [-0.3, -0.25) is 24.0 Å². The molecule has 0 unspecified atom stereocenters. The molecule has 0 aromatic carbocycles. The van der Waals surface area contributed by atoms with Crippen molar-refractivity contribution in [2.75, 3.05) is 54.8 Å². The minimum absolute atomic E-state index is 0.0287. The van der Waals surface area contributed by atoms with Crippen LogP contribution in [-0.4, -0.2) is 64.6 Å². The standard InChI is InChI=1S/C21H30ClN7O3/c1-3-5-8-29-19(23)18(20(31)25-21(29)32)28(4-2)17(30)14-26-9-11-27(12-10-26)16-7-6-15(22)13-24-16/h6-7,13H,3-5,8-12,14,23H2,1-2H3,(H,25,31,32). The van der Waals surface area contributed by atoms with Crippen LogP contribution in [0.4, 0.5) is 17.3 Å². The van der Waals surface area contributed by atoms with Gasteiger partial charge in [-0.05, 0) is 25.5 Å². The number of anilines is 3. The highest BCUT2D eigenvalue weighted by molar-refractivity contribution is 6.30. The monoisotopic (exact) mass is 463 g/mol. The molecule has 1 amide bonds. The molecule has 32 heavy (non-hydrogen) atoms. The van der Waals surface area contributed by atoms with E-state index in [2.05, 4.69) is 14.9 Å². The number of hydrogen-bond donors (Lipinski definition) is 2. The maximum Gasteiger partial charge on any atom is 0.330 e. The van der Waals surface area contributed by atoms with Crippen molar-refractivity contribution in [3.8, 4) is 0 Å². The Hall–Kier alpha value is -2.85. The van der Waals surface area contributed by atoms with E-state index in [1.807, 2.05) is 17.9 Å². The molecule has 3 rings (SSSR count). The number of amides is 1. The smallest absolute Gasteiger partial charge is 0.330 e. The van der Waals surface area contributed by atoms with Crippen LogP contribution in [0.3, 0.4) is 0 Å². The van der Waals surface area contributed by atoms with E-state index in [1.165, 1.54) is 9.47 Å². The third kappa shape index (κ3) is 5.31. The lowest BCUT2D eigenvalue weighted by molar-refractivity contribution is -0.119. The highest BCUT2D eigenvalue weighted by Gasteiger charge is 2.26. The first-order valence-electron chi connectivity index (χ1n) is 10.9. The molecule has 1 aliphatic heterocycles. The van der Waals surface area contributed by atoms with Crippen molar-refractivity contribution in [2.24, 2.45) is 0 Å². The van der Waals surface area contributed by atoms with Crippen molar-refractivity contribution in [1.29, 1.82) is 0 Å². The Morgan fingerprint density at radius 2 is 1.94 bits per heavy atom. The summed E-state index contributed by atoms with van der Waals surface area (Å²) in [5, 5.41) is 0.591. The Balaban J connectivity index is 1.70. The van der Waals surface area contributed by atoms with Crippen LogP contribution in [0.1, 0.15) is 26.7 Å². The van der Waals surface area contributed by atoms with Gasteiger partial charge < -0.3 is 15.5 Å². The summed E-state index contributed by atoms with van der Waals surface area (Å²) in [6.45, 7) is 7.38. The van der Waals surface area contributed by atoms with Crippen LogP contribution in [0.2, 0.25) is 5.02 Å². The lowest BCUT2D eigenvalue weighted by Crippen LogP contribution is -2.51. The molecule has 2 aromatic rings. The number of aromatic nitrogens is 3. The molecule has 0 aliphatic carbocycles. The van der Waals surface area contributed by atoms with Crippen LogP contribution in [-0.2, 0) is 11.3 Å². The maximum atomic E-state index is 13.1. The molecule has 0 atom stereocenters. The molecule has 3 heterocycles. The number of pyridine rings is 1. The van der Waals surface area contributed by atoms with Crippen LogP contribution in [0.25, 0.3) is 0 Å². The Morgan fingerprint density at radius 3 is 2.53 bits per heavy atom. The fourth-order valence-corrected chi connectivity index (χ4v) is 3.91. The Labute approximate surface area is 191 Å². The third-order valence-electron chi connectivity index (χ3n) is 5.60. The number of nitrogens with zero attached hydrogens (tertiary/aromatic N) is 5. The molecule has 0 spiro atoms. The van der Waals surface area contributed by atoms with Crippen molar-refractivity contribution >= 4 is 34.8 Å². The summed E-state index contributed by atoms with van der Waals surface area (Å²) < 4.78 is 1.33. The Bertz CT molecular complexity index is 1040. The largest absolute Gasteiger partial charge is 0.383 e. The summed E-state index contributed by atoms with van der Waals surface area (Å²) >= 11 is 5.91. The van der Waals surface area contributed by atoms with Crippen LogP contribution >= 0.6 is 11.6 Å². The number of rotatable bonds is 8. The van der Waals surface area contributed by atoms with Gasteiger partial charge in [-0.25, -0.2) is 9.78 Å². The number of likely N-dealkylation sites (N-methyl/N-ethyl adjacent to an activating group) is 1. The van der Waals surface area contributed by atoms with Crippen molar-refractivity contribution in [1.82, 2.24) is 19.4 Å². The number of nitrogens with one attached hydrogen (secondary N) is 1. The molecule has 3 N–H and O–H groups in total. The summed E-state index contributed by atoms with van der Waals surface area (Å²) in [6.07, 6.45) is 3.23. The van der Waals surface area contributed by atoms with E-state index < -0.39 is 11.2 Å². The topological polar surface area (TPSA) is 121 Å². The van der Waals surface area contributed by atoms with E-state index in [1.54, 1.807) is 19.2 Å². The van der Waals surface area contributed by atoms with Crippen LogP contribution < -0.4 is 26.8 Å². The van der Waals surface area contributed by atoms with Gasteiger partial charge in [0.05, 0.1) is 11.6 Å². The summed E-state index contributed by atoms with van der Waals surface area (Å²) in [6, 6.07) is 3.69. The van der Waals surface area contributed by atoms with Crippen LogP contribution in [0.15, 0.2) is 27.9 Å². The first kappa shape index (κ1) is 23.8. The highest BCUT2D eigenvalue weighted by Crippen LogP contribution is 2.19. The van der Waals surface area contributed by atoms with Gasteiger partial charge in [0.25, 0.3) is 5.56 Å². The predicted molar refractivity (Wildman–Crippen MR) is 127 cm³/mol. The maximum absolute atomic E-state index is 13.1. The van der Waals surface area contributed by atoms with Gasteiger partial charge in [0.15, 0.2) is 5.69 Å². The molecular weight excluding hydrogens is 434 g/mol. The Kier molecular flexibility index (Phi) is 7.92. The lowest BCUT2D eigenvalue weighted by atomic mass is 10.2. The number of H-pyrrole nitrogens is 1. The normalized spacial score (nSPS) is 14.5. The van der Waals surface area contributed by atoms with Crippen LogP contribution in [0, 0.1) is 0 Å². The summed E-state index contributed by atoms with van der Waals surface area (Å²) in [5.74, 6) is 0.647. The van der Waals surface area contributed by atoms with Crippen molar-refractivity contribution in [2.45, 2.75) is 33.2 Å². The van der Waals surface area contributed by atoms with Gasteiger partial charge in [0, 0.05) is 45.5 Å². The molecule has 1 saturated heterocycles. The number of nitrogen functional groups attached to an aromatic ring is 1. The van der Waals surface area contributed by atoms with E-state index in [9.17, 15) is 14.4 Å². The number of piperazine rings is 1. The first-order chi connectivity index (χ1) is 15.3. The van der Waals surface area contributed by atoms with Gasteiger partial charge in [-0.15, -0.1) is 0 Å². The molecule has 0 saturated carbocycles. The van der Waals surface area contributed by atoms with E-state index in [-0.39, 0.29) is 30.5 Å². The second kappa shape index (κ2) is 10.6. The summed E-state index contributed by atoms with van der Waals surface area (Å²) in [4.78, 5) is 50.0. The van der Waals surface area contributed by atoms with E-state index >= 15 is 0 Å². The van der Waals surface area contributed by atoms with Gasteiger partial charge in [-0.1, -0.05) is 24.9 Å². The average molecular weight is 464 g/mol. The fourth-order valence-electron chi connectivity index (χ4n) is 3.80. The molecule has 0 bridgehead atoms. The second-order valence-corrected chi connectivity index (χ2v) is 8.17. The number of aromatic amines is 1. The van der Waals surface area contributed by atoms with Gasteiger partial charge in [0.1, 0.15) is 11.6 Å². The first-order valence-corrected chi connectivity index (χ1v) is 11.2. The molecular formula is C21H30ClN7O3. The molecule has 174 valence electrons. The van der Waals surface area contributed by atoms with Crippen molar-refractivity contribution in [3.63, 3.8) is 0 Å². The average Bonchev–Trinajstić information content (AvgIpc) is 2.77. The number of nitrogens with two attached hydrogens (primary N) is 1. The van der Waals surface area contributed by atoms with E-state index in [4.69, 9.17) is 17.3 Å². The molecule has 0 radical (unpaired) electrons. The minimum atomic E-state index is -0.644. The molecule has 11 heteroatoms. The zero-order valence-electron chi connectivity index (χ0n) is 18.5. The number of carbonyl (C=O) groups is 1. The molecule has 1 fully saturated rings. The molecule has 10 nitrogen and oxygen atoms in total. The Morgan fingerprint density at radius 1 is 1.22 bits per heavy atom. The SMILES string of the molecule is CCCCn1c(N)c(N(CC)C(=O)CN2CCN(c3ccc(Cl)cn3)CC2)c(=O)[nH]c1=O. The zero-order valence-corrected chi connectivity index (χ0v) is 19.3. The van der Waals surface area contributed by atoms with Crippen molar-refractivity contribution < 1.29 is 4.79 Å². The number of unbranched alkanes of at least 4 members (excludes halogenated alkanes) is 1. The van der Waals surface area contributed by atoms with Crippen molar-refractivity contribution in [3.05, 3.63) is 44.2 Å². The number of halogens is 1. The van der Waals surface area contributed by atoms with Gasteiger partial charge in [0.2, 0.25) is 5.91 Å². The molecule has 1 aliphatic rings. The lowest BCUT2D eigenvalue weighted by Gasteiger charge is -2.36. The predicted octanol–water partition coefficient (Wildman–Crippen LogP) is 1.14. The van der Waals surface area contributed by atoms with Crippen LogP contribution in [0.5, 0.6) is 0 Å².